The number of amides is 3. The van der Waals surface area contributed by atoms with Gasteiger partial charge in [-0.2, -0.15) is 8.78 Å². The van der Waals surface area contributed by atoms with Gasteiger partial charge in [0, 0.05) is 22.3 Å². The van der Waals surface area contributed by atoms with Gasteiger partial charge < -0.3 is 14.8 Å². The van der Waals surface area contributed by atoms with E-state index in [0.29, 0.717) is 16.5 Å². The van der Waals surface area contributed by atoms with Crippen LogP contribution in [0.2, 0.25) is 5.02 Å². The lowest BCUT2D eigenvalue weighted by molar-refractivity contribution is -0.0501. The summed E-state index contributed by atoms with van der Waals surface area (Å²) in [7, 11) is 1.49. The minimum atomic E-state index is -3.10. The average Bonchev–Trinajstić information content (AvgIpc) is 2.74. The predicted octanol–water partition coefficient (Wildman–Crippen LogP) is 5.58. The van der Waals surface area contributed by atoms with Crippen molar-refractivity contribution in [1.29, 1.82) is 0 Å². The molecule has 0 bridgehead atoms. The second kappa shape index (κ2) is 9.90. The molecule has 160 valence electrons. The van der Waals surface area contributed by atoms with Crippen LogP contribution in [0.25, 0.3) is 11.1 Å². The largest absolute Gasteiger partial charge is 0.496 e. The number of alkyl halides is 2. The fourth-order valence-electron chi connectivity index (χ4n) is 2.82. The standard InChI is InChI=1S/C22H17ClF2N2O4/c1-30-19-12-15(10-11-16(19)13-6-8-14(23)9-7-13)26-22(29)27-20(28)17-4-2-3-5-18(17)31-21(24)25/h2-12,21H,1H3,(H2,26,27,28,29). The third kappa shape index (κ3) is 5.70. The SMILES string of the molecule is COc1cc(NC(=O)NC(=O)c2ccccc2OC(F)F)ccc1-c1ccc(Cl)cc1. The van der Waals surface area contributed by atoms with E-state index in [0.717, 1.165) is 11.1 Å². The summed E-state index contributed by atoms with van der Waals surface area (Å²) in [5, 5.41) is 5.18. The van der Waals surface area contributed by atoms with Crippen molar-refractivity contribution in [1.82, 2.24) is 5.32 Å². The number of benzene rings is 3. The molecular formula is C22H17ClF2N2O4. The highest BCUT2D eigenvalue weighted by Gasteiger charge is 2.18. The van der Waals surface area contributed by atoms with Crippen molar-refractivity contribution in [2.75, 3.05) is 12.4 Å². The molecule has 0 aliphatic heterocycles. The molecule has 0 aromatic heterocycles. The molecule has 2 N–H and O–H groups in total. The lowest BCUT2D eigenvalue weighted by atomic mass is 10.0. The van der Waals surface area contributed by atoms with E-state index < -0.39 is 18.5 Å². The first-order chi connectivity index (χ1) is 14.9. The van der Waals surface area contributed by atoms with Crippen LogP contribution in [0.3, 0.4) is 0 Å². The third-order valence-electron chi connectivity index (χ3n) is 4.19. The van der Waals surface area contributed by atoms with Crippen LogP contribution in [0.4, 0.5) is 19.3 Å². The van der Waals surface area contributed by atoms with Gasteiger partial charge in [0.2, 0.25) is 0 Å². The maximum absolute atomic E-state index is 12.5. The number of nitrogens with one attached hydrogen (secondary N) is 2. The van der Waals surface area contributed by atoms with E-state index in [1.165, 1.54) is 31.4 Å². The summed E-state index contributed by atoms with van der Waals surface area (Å²) < 4.78 is 34.7. The number of carbonyl (C=O) groups is 2. The Morgan fingerprint density at radius 3 is 2.35 bits per heavy atom. The summed E-state index contributed by atoms with van der Waals surface area (Å²) in [5.74, 6) is -0.739. The van der Waals surface area contributed by atoms with Crippen LogP contribution in [-0.2, 0) is 0 Å². The highest BCUT2D eigenvalue weighted by molar-refractivity contribution is 6.30. The monoisotopic (exact) mass is 446 g/mol. The molecule has 0 aliphatic rings. The van der Waals surface area contributed by atoms with E-state index in [-0.39, 0.29) is 11.3 Å². The van der Waals surface area contributed by atoms with Gasteiger partial charge in [0.15, 0.2) is 0 Å². The number of ether oxygens (including phenoxy) is 2. The molecule has 9 heteroatoms. The first-order valence-electron chi connectivity index (χ1n) is 8.97. The van der Waals surface area contributed by atoms with E-state index in [9.17, 15) is 18.4 Å². The van der Waals surface area contributed by atoms with Crippen LogP contribution in [0.1, 0.15) is 10.4 Å². The molecule has 0 heterocycles. The number of urea groups is 1. The summed E-state index contributed by atoms with van der Waals surface area (Å²) in [6.07, 6.45) is 0. The van der Waals surface area contributed by atoms with Gasteiger partial charge in [-0.05, 0) is 42.0 Å². The first kappa shape index (κ1) is 22.0. The van der Waals surface area contributed by atoms with Crippen molar-refractivity contribution in [2.45, 2.75) is 6.61 Å². The average molecular weight is 447 g/mol. The highest BCUT2D eigenvalue weighted by Crippen LogP contribution is 2.33. The van der Waals surface area contributed by atoms with Crippen LogP contribution in [0.15, 0.2) is 66.7 Å². The molecule has 6 nitrogen and oxygen atoms in total. The number of carbonyl (C=O) groups excluding carboxylic acids is 2. The quantitative estimate of drug-likeness (QED) is 0.518. The molecule has 0 spiro atoms. The Morgan fingerprint density at radius 1 is 0.968 bits per heavy atom. The zero-order valence-electron chi connectivity index (χ0n) is 16.2. The Morgan fingerprint density at radius 2 is 1.68 bits per heavy atom. The first-order valence-corrected chi connectivity index (χ1v) is 9.35. The summed E-state index contributed by atoms with van der Waals surface area (Å²) in [5.41, 5.74) is 1.80. The number of rotatable bonds is 6. The van der Waals surface area contributed by atoms with Gasteiger partial charge in [-0.25, -0.2) is 4.79 Å². The zero-order valence-corrected chi connectivity index (χ0v) is 17.0. The number of hydrogen-bond donors (Lipinski definition) is 2. The Kier molecular flexibility index (Phi) is 7.04. The molecule has 0 saturated heterocycles. The van der Waals surface area contributed by atoms with Crippen molar-refractivity contribution in [3.05, 3.63) is 77.3 Å². The van der Waals surface area contributed by atoms with Crippen molar-refractivity contribution in [2.24, 2.45) is 0 Å². The summed E-state index contributed by atoms with van der Waals surface area (Å²) in [6.45, 7) is -3.10. The van der Waals surface area contributed by atoms with Crippen molar-refractivity contribution < 1.29 is 27.8 Å². The Labute approximate surface area is 181 Å². The minimum absolute atomic E-state index is 0.200. The number of hydrogen-bond acceptors (Lipinski definition) is 4. The third-order valence-corrected chi connectivity index (χ3v) is 4.44. The topological polar surface area (TPSA) is 76.7 Å². The Hall–Kier alpha value is -3.65. The molecular weight excluding hydrogens is 430 g/mol. The van der Waals surface area contributed by atoms with Crippen LogP contribution in [0.5, 0.6) is 11.5 Å². The van der Waals surface area contributed by atoms with E-state index in [1.807, 2.05) is 12.1 Å². The van der Waals surface area contributed by atoms with Crippen molar-refractivity contribution in [3.63, 3.8) is 0 Å². The van der Waals surface area contributed by atoms with E-state index >= 15 is 0 Å². The van der Waals surface area contributed by atoms with Gasteiger partial charge in [-0.15, -0.1) is 0 Å². The van der Waals surface area contributed by atoms with E-state index in [1.54, 1.807) is 30.3 Å². The normalized spacial score (nSPS) is 10.5. The maximum Gasteiger partial charge on any atom is 0.387 e. The summed E-state index contributed by atoms with van der Waals surface area (Å²) in [4.78, 5) is 24.5. The van der Waals surface area contributed by atoms with Crippen molar-refractivity contribution in [3.8, 4) is 22.6 Å². The Balaban J connectivity index is 1.72. The molecule has 0 saturated carbocycles. The summed E-state index contributed by atoms with van der Waals surface area (Å²) in [6, 6.07) is 16.6. The number of para-hydroxylation sites is 1. The minimum Gasteiger partial charge on any atom is -0.496 e. The maximum atomic E-state index is 12.5. The van der Waals surface area contributed by atoms with Crippen LogP contribution >= 0.6 is 11.6 Å². The molecule has 3 aromatic carbocycles. The summed E-state index contributed by atoms with van der Waals surface area (Å²) >= 11 is 5.92. The molecule has 3 rings (SSSR count). The predicted molar refractivity (Wildman–Crippen MR) is 113 cm³/mol. The van der Waals surface area contributed by atoms with Crippen LogP contribution in [0, 0.1) is 0 Å². The number of methoxy groups -OCH3 is 1. The molecule has 0 fully saturated rings. The van der Waals surface area contributed by atoms with Gasteiger partial charge in [-0.1, -0.05) is 35.9 Å². The van der Waals surface area contributed by atoms with Gasteiger partial charge >= 0.3 is 12.6 Å². The molecule has 31 heavy (non-hydrogen) atoms. The second-order valence-corrected chi connectivity index (χ2v) is 6.64. The smallest absolute Gasteiger partial charge is 0.387 e. The van der Waals surface area contributed by atoms with E-state index in [2.05, 4.69) is 15.4 Å². The van der Waals surface area contributed by atoms with Crippen LogP contribution in [-0.4, -0.2) is 25.7 Å². The van der Waals surface area contributed by atoms with Crippen molar-refractivity contribution >= 4 is 29.2 Å². The lowest BCUT2D eigenvalue weighted by Gasteiger charge is -2.13. The second-order valence-electron chi connectivity index (χ2n) is 6.20. The Bertz CT molecular complexity index is 1090. The fraction of sp³-hybridized carbons (Fsp3) is 0.0909. The molecule has 3 amide bonds. The molecule has 3 aromatic rings. The van der Waals surface area contributed by atoms with Crippen LogP contribution < -0.4 is 20.1 Å². The van der Waals surface area contributed by atoms with Gasteiger partial charge in [0.1, 0.15) is 11.5 Å². The zero-order chi connectivity index (χ0) is 22.4. The number of imide groups is 1. The molecule has 0 atom stereocenters. The highest BCUT2D eigenvalue weighted by atomic mass is 35.5. The molecule has 0 radical (unpaired) electrons. The molecule has 0 unspecified atom stereocenters. The number of halogens is 3. The number of anilines is 1. The molecule has 0 aliphatic carbocycles. The van der Waals surface area contributed by atoms with Gasteiger partial charge in [0.05, 0.1) is 12.7 Å². The van der Waals surface area contributed by atoms with Gasteiger partial charge in [0.25, 0.3) is 5.91 Å². The lowest BCUT2D eigenvalue weighted by Crippen LogP contribution is -2.34. The van der Waals surface area contributed by atoms with E-state index in [4.69, 9.17) is 16.3 Å². The van der Waals surface area contributed by atoms with Gasteiger partial charge in [-0.3, -0.25) is 10.1 Å². The fourth-order valence-corrected chi connectivity index (χ4v) is 2.95.